The quantitative estimate of drug-likeness (QED) is 0.617. The van der Waals surface area contributed by atoms with Crippen LogP contribution in [-0.4, -0.2) is 5.78 Å². The van der Waals surface area contributed by atoms with Crippen molar-refractivity contribution in [1.82, 2.24) is 0 Å². The lowest BCUT2D eigenvalue weighted by Gasteiger charge is -2.11. The summed E-state index contributed by atoms with van der Waals surface area (Å²) in [6, 6.07) is 22.0. The summed E-state index contributed by atoms with van der Waals surface area (Å²) in [5.41, 5.74) is 1.75. The van der Waals surface area contributed by atoms with Crippen molar-refractivity contribution in [3.05, 3.63) is 77.9 Å². The maximum Gasteiger partial charge on any atom is 0.166 e. The molecule has 3 aromatic rings. The number of para-hydroxylation sites is 1. The van der Waals surface area contributed by atoms with E-state index in [1.165, 1.54) is 10.8 Å². The third kappa shape index (κ3) is 3.01. The zero-order chi connectivity index (χ0) is 15.4. The molecule has 0 heterocycles. The van der Waals surface area contributed by atoms with Gasteiger partial charge < -0.3 is 4.74 Å². The van der Waals surface area contributed by atoms with Gasteiger partial charge in [-0.05, 0) is 34.5 Å². The van der Waals surface area contributed by atoms with Gasteiger partial charge in [-0.3, -0.25) is 4.79 Å². The van der Waals surface area contributed by atoms with Crippen LogP contribution in [0.4, 0.5) is 0 Å². The van der Waals surface area contributed by atoms with Gasteiger partial charge in [-0.25, -0.2) is 0 Å². The summed E-state index contributed by atoms with van der Waals surface area (Å²) >= 11 is 0. The van der Waals surface area contributed by atoms with E-state index in [-0.39, 0.29) is 5.78 Å². The third-order valence-electron chi connectivity index (χ3n) is 3.72. The molecule has 0 aliphatic heterocycles. The fraction of sp³-hybridized carbons (Fsp3) is 0.150. The predicted molar refractivity (Wildman–Crippen MR) is 89.3 cm³/mol. The van der Waals surface area contributed by atoms with E-state index in [0.717, 1.165) is 5.56 Å². The van der Waals surface area contributed by atoms with Crippen molar-refractivity contribution >= 4 is 16.6 Å². The largest absolute Gasteiger partial charge is 0.488 e. The molecule has 22 heavy (non-hydrogen) atoms. The zero-order valence-corrected chi connectivity index (χ0v) is 12.6. The van der Waals surface area contributed by atoms with Crippen LogP contribution in [0.3, 0.4) is 0 Å². The second kappa shape index (κ2) is 6.44. The molecule has 0 aromatic heterocycles. The molecule has 110 valence electrons. The Balaban J connectivity index is 1.81. The van der Waals surface area contributed by atoms with Crippen molar-refractivity contribution < 1.29 is 9.53 Å². The summed E-state index contributed by atoms with van der Waals surface area (Å²) < 4.78 is 5.87. The molecule has 2 nitrogen and oxygen atoms in total. The molecular weight excluding hydrogens is 272 g/mol. The van der Waals surface area contributed by atoms with Gasteiger partial charge in [-0.2, -0.15) is 0 Å². The van der Waals surface area contributed by atoms with Crippen molar-refractivity contribution in [2.75, 3.05) is 0 Å². The first-order chi connectivity index (χ1) is 10.8. The summed E-state index contributed by atoms with van der Waals surface area (Å²) in [6.07, 6.45) is 0.482. The van der Waals surface area contributed by atoms with Crippen LogP contribution in [0.1, 0.15) is 29.3 Å². The average molecular weight is 290 g/mol. The first-order valence-corrected chi connectivity index (χ1v) is 7.50. The highest BCUT2D eigenvalue weighted by Crippen LogP contribution is 2.22. The minimum atomic E-state index is 0.106. The smallest absolute Gasteiger partial charge is 0.166 e. The summed E-state index contributed by atoms with van der Waals surface area (Å²) in [4.78, 5) is 11.9. The van der Waals surface area contributed by atoms with E-state index in [1.807, 2.05) is 43.3 Å². The number of ketones is 1. The monoisotopic (exact) mass is 290 g/mol. The van der Waals surface area contributed by atoms with Crippen LogP contribution in [0.2, 0.25) is 0 Å². The fourth-order valence-corrected chi connectivity index (χ4v) is 2.50. The van der Waals surface area contributed by atoms with Gasteiger partial charge in [-0.15, -0.1) is 0 Å². The number of ether oxygens (including phenoxy) is 1. The van der Waals surface area contributed by atoms with Gasteiger partial charge in [0.05, 0.1) is 5.56 Å². The third-order valence-corrected chi connectivity index (χ3v) is 3.72. The number of carbonyl (C=O) groups is 1. The van der Waals surface area contributed by atoms with Crippen molar-refractivity contribution in [1.29, 1.82) is 0 Å². The van der Waals surface area contributed by atoms with Crippen molar-refractivity contribution in [3.63, 3.8) is 0 Å². The van der Waals surface area contributed by atoms with Gasteiger partial charge in [0, 0.05) is 6.42 Å². The second-order valence-electron chi connectivity index (χ2n) is 5.24. The van der Waals surface area contributed by atoms with Crippen LogP contribution in [0.15, 0.2) is 66.7 Å². The maximum absolute atomic E-state index is 11.9. The van der Waals surface area contributed by atoms with Gasteiger partial charge in [0.15, 0.2) is 5.78 Å². The molecule has 0 aliphatic rings. The molecule has 0 saturated heterocycles. The Hall–Kier alpha value is -2.61. The molecule has 0 unspecified atom stereocenters. The van der Waals surface area contributed by atoms with Crippen LogP contribution in [-0.2, 0) is 6.61 Å². The maximum atomic E-state index is 11.9. The Bertz CT molecular complexity index is 805. The van der Waals surface area contributed by atoms with Crippen molar-refractivity contribution in [2.45, 2.75) is 20.0 Å². The Morgan fingerprint density at radius 2 is 1.64 bits per heavy atom. The fourth-order valence-electron chi connectivity index (χ4n) is 2.50. The highest BCUT2D eigenvalue weighted by molar-refractivity contribution is 5.98. The lowest BCUT2D eigenvalue weighted by atomic mass is 10.1. The Kier molecular flexibility index (Phi) is 4.19. The summed E-state index contributed by atoms with van der Waals surface area (Å²) in [5.74, 6) is 0.761. The molecule has 0 N–H and O–H groups in total. The van der Waals surface area contributed by atoms with Crippen molar-refractivity contribution in [3.8, 4) is 5.75 Å². The number of rotatable bonds is 5. The predicted octanol–water partition coefficient (Wildman–Crippen LogP) is 5.01. The van der Waals surface area contributed by atoms with Crippen LogP contribution in [0.25, 0.3) is 10.8 Å². The standard InChI is InChI=1S/C20H18O2/c1-2-19(21)18-9-5-6-10-20(18)22-14-15-11-12-16-7-3-4-8-17(16)13-15/h3-13H,2,14H2,1H3. The first-order valence-electron chi connectivity index (χ1n) is 7.50. The van der Waals surface area contributed by atoms with E-state index in [2.05, 4.69) is 30.3 Å². The molecule has 3 rings (SSSR count). The summed E-state index contributed by atoms with van der Waals surface area (Å²) in [5, 5.41) is 2.41. The lowest BCUT2D eigenvalue weighted by molar-refractivity contribution is 0.0983. The zero-order valence-electron chi connectivity index (χ0n) is 12.6. The minimum Gasteiger partial charge on any atom is -0.488 e. The summed E-state index contributed by atoms with van der Waals surface area (Å²) in [6.45, 7) is 2.32. The van der Waals surface area contributed by atoms with E-state index < -0.39 is 0 Å². The second-order valence-corrected chi connectivity index (χ2v) is 5.24. The minimum absolute atomic E-state index is 0.106. The molecular formula is C20H18O2. The number of hydrogen-bond acceptors (Lipinski definition) is 2. The molecule has 3 aromatic carbocycles. The molecule has 0 bridgehead atoms. The van der Waals surface area contributed by atoms with E-state index in [0.29, 0.717) is 24.3 Å². The summed E-state index contributed by atoms with van der Waals surface area (Å²) in [7, 11) is 0. The van der Waals surface area contributed by atoms with Gasteiger partial charge >= 0.3 is 0 Å². The molecule has 0 fully saturated rings. The van der Waals surface area contributed by atoms with E-state index in [4.69, 9.17) is 4.74 Å². The topological polar surface area (TPSA) is 26.3 Å². The SMILES string of the molecule is CCC(=O)c1ccccc1OCc1ccc2ccccc2c1. The molecule has 0 aliphatic carbocycles. The van der Waals surface area contributed by atoms with Gasteiger partial charge in [-0.1, -0.05) is 55.5 Å². The van der Waals surface area contributed by atoms with E-state index in [9.17, 15) is 4.79 Å². The van der Waals surface area contributed by atoms with E-state index >= 15 is 0 Å². The number of fused-ring (bicyclic) bond motifs is 1. The normalized spacial score (nSPS) is 10.6. The molecule has 0 atom stereocenters. The van der Waals surface area contributed by atoms with Crippen LogP contribution >= 0.6 is 0 Å². The first kappa shape index (κ1) is 14.3. The molecule has 0 amide bonds. The highest BCUT2D eigenvalue weighted by Gasteiger charge is 2.10. The van der Waals surface area contributed by atoms with Crippen LogP contribution < -0.4 is 4.74 Å². The van der Waals surface area contributed by atoms with Gasteiger partial charge in [0.1, 0.15) is 12.4 Å². The van der Waals surface area contributed by atoms with Gasteiger partial charge in [0.25, 0.3) is 0 Å². The Labute approximate surface area is 130 Å². The Morgan fingerprint density at radius 3 is 2.45 bits per heavy atom. The number of carbonyl (C=O) groups excluding carboxylic acids is 1. The number of benzene rings is 3. The number of hydrogen-bond donors (Lipinski definition) is 0. The van der Waals surface area contributed by atoms with Crippen molar-refractivity contribution in [2.24, 2.45) is 0 Å². The van der Waals surface area contributed by atoms with E-state index in [1.54, 1.807) is 0 Å². The van der Waals surface area contributed by atoms with Crippen LogP contribution in [0, 0.1) is 0 Å². The molecule has 0 spiro atoms. The molecule has 0 saturated carbocycles. The highest BCUT2D eigenvalue weighted by atomic mass is 16.5. The average Bonchev–Trinajstić information content (AvgIpc) is 2.59. The van der Waals surface area contributed by atoms with Gasteiger partial charge in [0.2, 0.25) is 0 Å². The lowest BCUT2D eigenvalue weighted by Crippen LogP contribution is -2.03. The van der Waals surface area contributed by atoms with Crippen LogP contribution in [0.5, 0.6) is 5.75 Å². The molecule has 2 heteroatoms. The Morgan fingerprint density at radius 1 is 0.909 bits per heavy atom. The number of Topliss-reactive ketones (excluding diaryl/α,β-unsaturated/α-hetero) is 1. The molecule has 0 radical (unpaired) electrons.